The third-order valence-corrected chi connectivity index (χ3v) is 5.49. The van der Waals surface area contributed by atoms with Crippen molar-refractivity contribution in [2.75, 3.05) is 0 Å². The monoisotopic (exact) mass is 349 g/mol. The van der Waals surface area contributed by atoms with Crippen LogP contribution in [-0.4, -0.2) is 16.1 Å². The Morgan fingerprint density at radius 2 is 1.62 bits per heavy atom. The van der Waals surface area contributed by atoms with Gasteiger partial charge >= 0.3 is 5.97 Å². The minimum Gasteiger partial charge on any atom is -0.478 e. The van der Waals surface area contributed by atoms with Crippen LogP contribution in [0.25, 0.3) is 5.57 Å². The Morgan fingerprint density at radius 3 is 2.19 bits per heavy atom. The van der Waals surface area contributed by atoms with Crippen molar-refractivity contribution in [3.63, 3.8) is 0 Å². The molecule has 26 heavy (non-hydrogen) atoms. The van der Waals surface area contributed by atoms with Crippen LogP contribution in [0.4, 0.5) is 0 Å². The number of benzene rings is 1. The minimum atomic E-state index is -0.930. The molecule has 0 atom stereocenters. The second-order valence-electron chi connectivity index (χ2n) is 7.44. The molecular formula is C22H23NO3. The van der Waals surface area contributed by atoms with Crippen molar-refractivity contribution in [1.82, 2.24) is 4.98 Å². The number of allylic oxidation sites excluding steroid dienone is 1. The highest BCUT2D eigenvalue weighted by molar-refractivity contribution is 5.88. The van der Waals surface area contributed by atoms with Gasteiger partial charge in [0.1, 0.15) is 0 Å². The number of carbonyl (C=O) groups is 1. The van der Waals surface area contributed by atoms with E-state index in [1.807, 2.05) is 24.3 Å². The standard InChI is InChI=1S/C22H23NO3/c24-21-18(15-5-6-15)11-12-20(23-21)19(13-14-3-1-2-4-14)16-7-9-17(10-8-16)22(25)26/h7-15H,1-6H2,(H,23,24)(H,25,26). The van der Waals surface area contributed by atoms with Crippen LogP contribution in [0.2, 0.25) is 0 Å². The van der Waals surface area contributed by atoms with Gasteiger partial charge in [-0.2, -0.15) is 0 Å². The summed E-state index contributed by atoms with van der Waals surface area (Å²) in [6.45, 7) is 0. The molecule has 0 saturated heterocycles. The van der Waals surface area contributed by atoms with Gasteiger partial charge in [0, 0.05) is 16.8 Å². The molecule has 0 radical (unpaired) electrons. The van der Waals surface area contributed by atoms with E-state index in [-0.39, 0.29) is 11.1 Å². The molecule has 1 aromatic heterocycles. The number of hydrogen-bond donors (Lipinski definition) is 2. The smallest absolute Gasteiger partial charge is 0.335 e. The van der Waals surface area contributed by atoms with Gasteiger partial charge in [-0.05, 0) is 61.3 Å². The average molecular weight is 349 g/mol. The molecule has 4 rings (SSSR count). The molecule has 0 spiro atoms. The summed E-state index contributed by atoms with van der Waals surface area (Å²) >= 11 is 0. The van der Waals surface area contributed by atoms with E-state index < -0.39 is 5.97 Å². The van der Waals surface area contributed by atoms with Gasteiger partial charge in [0.15, 0.2) is 0 Å². The highest BCUT2D eigenvalue weighted by Crippen LogP contribution is 2.38. The molecular weight excluding hydrogens is 326 g/mol. The molecule has 1 heterocycles. The van der Waals surface area contributed by atoms with E-state index in [4.69, 9.17) is 5.11 Å². The molecule has 0 unspecified atom stereocenters. The first-order chi connectivity index (χ1) is 12.6. The second kappa shape index (κ2) is 6.94. The van der Waals surface area contributed by atoms with Crippen LogP contribution >= 0.6 is 0 Å². The number of aromatic amines is 1. The number of rotatable bonds is 5. The quantitative estimate of drug-likeness (QED) is 0.830. The summed E-state index contributed by atoms with van der Waals surface area (Å²) in [5.74, 6) is 0.000684. The Kier molecular flexibility index (Phi) is 4.49. The maximum atomic E-state index is 12.5. The molecule has 2 aliphatic rings. The van der Waals surface area contributed by atoms with E-state index in [0.717, 1.165) is 35.2 Å². The molecule has 4 nitrogen and oxygen atoms in total. The first-order valence-corrected chi connectivity index (χ1v) is 9.41. The lowest BCUT2D eigenvalue weighted by Crippen LogP contribution is -2.13. The lowest BCUT2D eigenvalue weighted by atomic mass is 9.95. The molecule has 2 aliphatic carbocycles. The number of aromatic carboxylic acids is 1. The summed E-state index contributed by atoms with van der Waals surface area (Å²) in [5.41, 5.74) is 3.91. The third kappa shape index (κ3) is 3.50. The number of H-pyrrole nitrogens is 1. The topological polar surface area (TPSA) is 70.2 Å². The van der Waals surface area contributed by atoms with Gasteiger partial charge < -0.3 is 10.1 Å². The summed E-state index contributed by atoms with van der Waals surface area (Å²) < 4.78 is 0. The van der Waals surface area contributed by atoms with Crippen molar-refractivity contribution < 1.29 is 9.90 Å². The predicted octanol–water partition coefficient (Wildman–Crippen LogP) is 4.57. The zero-order valence-electron chi connectivity index (χ0n) is 14.7. The van der Waals surface area contributed by atoms with Crippen LogP contribution in [0, 0.1) is 5.92 Å². The zero-order chi connectivity index (χ0) is 18.1. The second-order valence-corrected chi connectivity index (χ2v) is 7.44. The SMILES string of the molecule is O=C(O)c1ccc(C(=CC2CCCC2)c2ccc(C3CC3)c(=O)[nH]2)cc1. The van der Waals surface area contributed by atoms with Crippen LogP contribution in [0.1, 0.15) is 71.6 Å². The van der Waals surface area contributed by atoms with E-state index in [9.17, 15) is 9.59 Å². The Bertz CT molecular complexity index is 898. The minimum absolute atomic E-state index is 0.00415. The fourth-order valence-corrected chi connectivity index (χ4v) is 3.85. The van der Waals surface area contributed by atoms with Crippen LogP contribution in [-0.2, 0) is 0 Å². The summed E-state index contributed by atoms with van der Waals surface area (Å²) in [6, 6.07) is 10.9. The van der Waals surface area contributed by atoms with Crippen LogP contribution in [0.5, 0.6) is 0 Å². The normalized spacial score (nSPS) is 18.2. The summed E-state index contributed by atoms with van der Waals surface area (Å²) in [5, 5.41) is 9.12. The predicted molar refractivity (Wildman–Crippen MR) is 101 cm³/mol. The maximum absolute atomic E-state index is 12.5. The van der Waals surface area contributed by atoms with Crippen molar-refractivity contribution in [3.8, 4) is 0 Å². The number of nitrogens with one attached hydrogen (secondary N) is 1. The van der Waals surface area contributed by atoms with Crippen molar-refractivity contribution in [2.24, 2.45) is 5.92 Å². The number of hydrogen-bond acceptors (Lipinski definition) is 2. The lowest BCUT2D eigenvalue weighted by Gasteiger charge is -2.13. The Balaban J connectivity index is 1.74. The molecule has 2 N–H and O–H groups in total. The van der Waals surface area contributed by atoms with Crippen molar-refractivity contribution in [1.29, 1.82) is 0 Å². The number of carboxylic acids is 1. The number of aromatic nitrogens is 1. The fourth-order valence-electron chi connectivity index (χ4n) is 3.85. The van der Waals surface area contributed by atoms with E-state index in [0.29, 0.717) is 11.8 Å². The first kappa shape index (κ1) is 16.8. The molecule has 0 amide bonds. The van der Waals surface area contributed by atoms with Gasteiger partial charge in [0.25, 0.3) is 5.56 Å². The summed E-state index contributed by atoms with van der Waals surface area (Å²) in [6.07, 6.45) is 9.27. The maximum Gasteiger partial charge on any atom is 0.335 e. The molecule has 1 aromatic carbocycles. The van der Waals surface area contributed by atoms with E-state index in [1.165, 1.54) is 25.7 Å². The Morgan fingerprint density at radius 1 is 0.962 bits per heavy atom. The molecule has 2 saturated carbocycles. The number of pyridine rings is 1. The summed E-state index contributed by atoms with van der Waals surface area (Å²) in [4.78, 5) is 26.7. The Hall–Kier alpha value is -2.62. The molecule has 4 heteroatoms. The highest BCUT2D eigenvalue weighted by atomic mass is 16.4. The van der Waals surface area contributed by atoms with Gasteiger partial charge in [-0.15, -0.1) is 0 Å². The largest absolute Gasteiger partial charge is 0.478 e. The summed E-state index contributed by atoms with van der Waals surface area (Å²) in [7, 11) is 0. The average Bonchev–Trinajstić information content (AvgIpc) is 3.35. The molecule has 0 bridgehead atoms. The highest BCUT2D eigenvalue weighted by Gasteiger charge is 2.26. The van der Waals surface area contributed by atoms with Crippen molar-refractivity contribution >= 4 is 11.5 Å². The van der Waals surface area contributed by atoms with Crippen LogP contribution in [0.3, 0.4) is 0 Å². The number of carboxylic acid groups (broad SMARTS) is 1. The van der Waals surface area contributed by atoms with E-state index in [1.54, 1.807) is 12.1 Å². The third-order valence-electron chi connectivity index (χ3n) is 5.49. The van der Waals surface area contributed by atoms with Gasteiger partial charge in [0.05, 0.1) is 5.56 Å². The molecule has 134 valence electrons. The van der Waals surface area contributed by atoms with Crippen LogP contribution in [0.15, 0.2) is 47.3 Å². The van der Waals surface area contributed by atoms with E-state index in [2.05, 4.69) is 11.1 Å². The van der Waals surface area contributed by atoms with Gasteiger partial charge in [-0.3, -0.25) is 4.79 Å². The van der Waals surface area contributed by atoms with Crippen LogP contribution < -0.4 is 5.56 Å². The zero-order valence-corrected chi connectivity index (χ0v) is 14.7. The van der Waals surface area contributed by atoms with Gasteiger partial charge in [-0.25, -0.2) is 4.79 Å². The van der Waals surface area contributed by atoms with Gasteiger partial charge in [-0.1, -0.05) is 37.1 Å². The molecule has 0 aliphatic heterocycles. The molecule has 2 aromatic rings. The van der Waals surface area contributed by atoms with Crippen molar-refractivity contribution in [3.05, 3.63) is 75.2 Å². The molecule has 2 fully saturated rings. The fraction of sp³-hybridized carbons (Fsp3) is 0.364. The van der Waals surface area contributed by atoms with Gasteiger partial charge in [0.2, 0.25) is 0 Å². The Labute approximate surface area is 152 Å². The van der Waals surface area contributed by atoms with Crippen molar-refractivity contribution in [2.45, 2.75) is 44.4 Å². The van der Waals surface area contributed by atoms with E-state index >= 15 is 0 Å². The lowest BCUT2D eigenvalue weighted by molar-refractivity contribution is 0.0697. The first-order valence-electron chi connectivity index (χ1n) is 9.41.